The average Bonchev–Trinajstić information content (AvgIpc) is 3.42. The number of carboxylic acid groups (broad SMARTS) is 1. The summed E-state index contributed by atoms with van der Waals surface area (Å²) >= 11 is 1.31. The van der Waals surface area contributed by atoms with Gasteiger partial charge in [0.2, 0.25) is 5.91 Å². The number of hydrogen-bond acceptors (Lipinski definition) is 5. The summed E-state index contributed by atoms with van der Waals surface area (Å²) < 4.78 is 5.05. The molecule has 1 heterocycles. The smallest absolute Gasteiger partial charge is 0.341 e. The van der Waals surface area contributed by atoms with E-state index in [1.165, 1.54) is 18.4 Å². The largest absolute Gasteiger partial charge is 0.481 e. The molecule has 2 bridgehead atoms. The first-order chi connectivity index (χ1) is 14.7. The normalized spacial score (nSPS) is 23.7. The maximum absolute atomic E-state index is 13.2. The van der Waals surface area contributed by atoms with Crippen molar-refractivity contribution >= 4 is 34.2 Å². The number of anilines is 1. The second kappa shape index (κ2) is 7.96. The zero-order valence-corrected chi connectivity index (χ0v) is 18.7. The van der Waals surface area contributed by atoms with Crippen molar-refractivity contribution in [2.45, 2.75) is 27.2 Å². The van der Waals surface area contributed by atoms with Crippen molar-refractivity contribution in [3.05, 3.63) is 51.9 Å². The van der Waals surface area contributed by atoms with Gasteiger partial charge in [0.05, 0.1) is 18.9 Å². The van der Waals surface area contributed by atoms with Gasteiger partial charge in [0, 0.05) is 10.4 Å². The Morgan fingerprint density at radius 3 is 2.42 bits per heavy atom. The molecule has 7 heteroatoms. The molecule has 162 valence electrons. The number of methoxy groups -OCH3 is 1. The number of esters is 1. The highest BCUT2D eigenvalue weighted by Crippen LogP contribution is 2.49. The Hall–Kier alpha value is -2.93. The summed E-state index contributed by atoms with van der Waals surface area (Å²) in [5, 5.41) is 13.0. The van der Waals surface area contributed by atoms with E-state index < -0.39 is 23.8 Å². The van der Waals surface area contributed by atoms with Crippen LogP contribution in [0.1, 0.15) is 32.8 Å². The second-order valence-electron chi connectivity index (χ2n) is 8.37. The highest BCUT2D eigenvalue weighted by atomic mass is 32.1. The Bertz CT molecular complexity index is 1120. The third-order valence-electron chi connectivity index (χ3n) is 6.42. The number of amides is 1. The van der Waals surface area contributed by atoms with E-state index in [2.05, 4.69) is 5.32 Å². The van der Waals surface area contributed by atoms with Gasteiger partial charge in [0.25, 0.3) is 0 Å². The van der Waals surface area contributed by atoms with Gasteiger partial charge in [-0.3, -0.25) is 9.59 Å². The zero-order valence-electron chi connectivity index (χ0n) is 17.9. The van der Waals surface area contributed by atoms with Crippen LogP contribution >= 0.6 is 11.3 Å². The highest BCUT2D eigenvalue weighted by Gasteiger charge is 2.51. The van der Waals surface area contributed by atoms with Crippen molar-refractivity contribution < 1.29 is 24.2 Å². The van der Waals surface area contributed by atoms with Gasteiger partial charge in [-0.1, -0.05) is 35.9 Å². The average molecular weight is 440 g/mol. The molecular formula is C24H25NO5S. The maximum Gasteiger partial charge on any atom is 0.341 e. The number of nitrogens with one attached hydrogen (secondary N) is 1. The van der Waals surface area contributed by atoms with E-state index in [1.54, 1.807) is 0 Å². The van der Waals surface area contributed by atoms with Gasteiger partial charge in [-0.2, -0.15) is 0 Å². The Morgan fingerprint density at radius 2 is 1.77 bits per heavy atom. The first-order valence-electron chi connectivity index (χ1n) is 10.2. The fourth-order valence-corrected chi connectivity index (χ4v) is 6.03. The Morgan fingerprint density at radius 1 is 1.10 bits per heavy atom. The van der Waals surface area contributed by atoms with Crippen LogP contribution < -0.4 is 5.32 Å². The molecule has 31 heavy (non-hydrogen) atoms. The summed E-state index contributed by atoms with van der Waals surface area (Å²) in [5.41, 5.74) is 4.05. The SMILES string of the molecule is COC(=O)c1c(NC(=O)[C@@H]2[C@H](C(=O)O)[C@H]3C=C[C@H]2C3)sc(C)c1-c1cc(C)ccc1C. The molecular weight excluding hydrogens is 414 g/mol. The third-order valence-corrected chi connectivity index (χ3v) is 7.44. The predicted octanol–water partition coefficient (Wildman–Crippen LogP) is 4.59. The summed E-state index contributed by atoms with van der Waals surface area (Å²) in [7, 11) is 1.31. The molecule has 4 rings (SSSR count). The number of allylic oxidation sites excluding steroid dienone is 2. The first kappa shape index (κ1) is 21.3. The van der Waals surface area contributed by atoms with E-state index in [4.69, 9.17) is 4.74 Å². The van der Waals surface area contributed by atoms with Crippen LogP contribution in [0.4, 0.5) is 5.00 Å². The van der Waals surface area contributed by atoms with E-state index in [-0.39, 0.29) is 17.7 Å². The van der Waals surface area contributed by atoms with E-state index >= 15 is 0 Å². The molecule has 1 fully saturated rings. The lowest BCUT2D eigenvalue weighted by molar-refractivity contribution is -0.146. The van der Waals surface area contributed by atoms with Crippen molar-refractivity contribution in [2.24, 2.45) is 23.7 Å². The monoisotopic (exact) mass is 439 g/mol. The molecule has 0 saturated heterocycles. The quantitative estimate of drug-likeness (QED) is 0.525. The van der Waals surface area contributed by atoms with Crippen molar-refractivity contribution in [1.29, 1.82) is 0 Å². The number of hydrogen-bond donors (Lipinski definition) is 2. The molecule has 1 aromatic carbocycles. The van der Waals surface area contributed by atoms with Crippen LogP contribution in [0.5, 0.6) is 0 Å². The molecule has 6 nitrogen and oxygen atoms in total. The minimum Gasteiger partial charge on any atom is -0.481 e. The summed E-state index contributed by atoms with van der Waals surface area (Å²) in [6.45, 7) is 5.87. The van der Waals surface area contributed by atoms with Crippen LogP contribution in [-0.4, -0.2) is 30.1 Å². The lowest BCUT2D eigenvalue weighted by Gasteiger charge is -2.23. The number of carbonyl (C=O) groups excluding carboxylic acids is 2. The molecule has 0 unspecified atom stereocenters. The molecule has 1 amide bonds. The second-order valence-corrected chi connectivity index (χ2v) is 9.60. The summed E-state index contributed by atoms with van der Waals surface area (Å²) in [4.78, 5) is 38.7. The van der Waals surface area contributed by atoms with Crippen LogP contribution in [-0.2, 0) is 14.3 Å². The van der Waals surface area contributed by atoms with E-state index in [0.717, 1.165) is 27.1 Å². The number of ether oxygens (including phenoxy) is 1. The summed E-state index contributed by atoms with van der Waals surface area (Å²) in [6.07, 6.45) is 4.52. The number of aliphatic carboxylic acids is 1. The number of aryl methyl sites for hydroxylation is 3. The molecule has 4 atom stereocenters. The Balaban J connectivity index is 1.75. The third kappa shape index (κ3) is 3.57. The van der Waals surface area contributed by atoms with Gasteiger partial charge in [-0.15, -0.1) is 11.3 Å². The summed E-state index contributed by atoms with van der Waals surface area (Å²) in [6, 6.07) is 6.03. The van der Waals surface area contributed by atoms with Gasteiger partial charge in [-0.05, 0) is 50.2 Å². The van der Waals surface area contributed by atoms with Crippen LogP contribution in [0.2, 0.25) is 0 Å². The Labute approximate surface area is 184 Å². The first-order valence-corrected chi connectivity index (χ1v) is 11.1. The van der Waals surface area contributed by atoms with Crippen molar-refractivity contribution in [1.82, 2.24) is 0 Å². The van der Waals surface area contributed by atoms with Gasteiger partial charge >= 0.3 is 11.9 Å². The van der Waals surface area contributed by atoms with Gasteiger partial charge in [0.15, 0.2) is 0 Å². The number of carbonyl (C=O) groups is 3. The molecule has 2 aromatic rings. The minimum absolute atomic E-state index is 0.0905. The lowest BCUT2D eigenvalue weighted by atomic mass is 9.82. The molecule has 0 aliphatic heterocycles. The number of benzene rings is 1. The lowest BCUT2D eigenvalue weighted by Crippen LogP contribution is -2.36. The van der Waals surface area contributed by atoms with Crippen LogP contribution in [0, 0.1) is 44.4 Å². The van der Waals surface area contributed by atoms with E-state index in [1.807, 2.05) is 51.1 Å². The van der Waals surface area contributed by atoms with Crippen LogP contribution in [0.25, 0.3) is 11.1 Å². The standard InChI is InChI=1S/C24H25NO5S/c1-11-5-6-12(2)16(9-11)17-13(3)31-22(20(17)24(29)30-4)25-21(26)18-14-7-8-15(10-14)19(18)23(27)28/h5-9,14-15,18-19H,10H2,1-4H3,(H,25,26)(H,27,28)/t14-,15-,18-,19+/m0/s1. The Kier molecular flexibility index (Phi) is 5.47. The summed E-state index contributed by atoms with van der Waals surface area (Å²) in [5.74, 6) is -3.44. The van der Waals surface area contributed by atoms with Gasteiger partial charge < -0.3 is 15.2 Å². The zero-order chi connectivity index (χ0) is 22.4. The highest BCUT2D eigenvalue weighted by molar-refractivity contribution is 7.17. The number of carboxylic acids is 1. The number of rotatable bonds is 5. The molecule has 0 spiro atoms. The van der Waals surface area contributed by atoms with Crippen LogP contribution in [0.3, 0.4) is 0 Å². The van der Waals surface area contributed by atoms with Crippen LogP contribution in [0.15, 0.2) is 30.4 Å². The fraction of sp³-hybridized carbons (Fsp3) is 0.375. The minimum atomic E-state index is -0.955. The molecule has 2 aliphatic rings. The number of fused-ring (bicyclic) bond motifs is 2. The molecule has 1 saturated carbocycles. The maximum atomic E-state index is 13.2. The molecule has 0 radical (unpaired) electrons. The van der Waals surface area contributed by atoms with Crippen molar-refractivity contribution in [3.8, 4) is 11.1 Å². The fourth-order valence-electron chi connectivity index (χ4n) is 4.97. The van der Waals surface area contributed by atoms with E-state index in [9.17, 15) is 19.5 Å². The van der Waals surface area contributed by atoms with E-state index in [0.29, 0.717) is 17.0 Å². The topological polar surface area (TPSA) is 92.7 Å². The molecule has 2 aliphatic carbocycles. The van der Waals surface area contributed by atoms with Gasteiger partial charge in [0.1, 0.15) is 10.6 Å². The van der Waals surface area contributed by atoms with Gasteiger partial charge in [-0.25, -0.2) is 4.79 Å². The predicted molar refractivity (Wildman–Crippen MR) is 119 cm³/mol. The molecule has 2 N–H and O–H groups in total. The number of thiophene rings is 1. The van der Waals surface area contributed by atoms with Crippen molar-refractivity contribution in [2.75, 3.05) is 12.4 Å². The van der Waals surface area contributed by atoms with Crippen molar-refractivity contribution in [3.63, 3.8) is 0 Å². The molecule has 1 aromatic heterocycles.